The van der Waals surface area contributed by atoms with Crippen LogP contribution in [-0.4, -0.2) is 16.2 Å². The topological polar surface area (TPSA) is 57.5 Å². The molecule has 0 amide bonds. The molecule has 0 saturated carbocycles. The molecule has 3 nitrogen and oxygen atoms in total. The Morgan fingerprint density at radius 1 is 0.667 bits per heavy atom. The third-order valence-electron chi connectivity index (χ3n) is 4.27. The van der Waals surface area contributed by atoms with Crippen molar-refractivity contribution in [2.45, 2.75) is 6.42 Å². The molecular weight excluding hydrogens is 336 g/mol. The molecule has 0 aliphatic heterocycles. The van der Waals surface area contributed by atoms with E-state index in [-0.39, 0.29) is 0 Å². The summed E-state index contributed by atoms with van der Waals surface area (Å²) in [5.74, 6) is -0.513. The number of aromatic carboxylic acids is 1. The quantitative estimate of drug-likeness (QED) is 0.508. The molecule has 0 unspecified atom stereocenters. The Labute approximate surface area is 158 Å². The number of hydrogen-bond donors (Lipinski definition) is 2. The smallest absolute Gasteiger partial charge is 0.335 e. The zero-order chi connectivity index (χ0) is 19.1. The number of para-hydroxylation sites is 1. The Kier molecular flexibility index (Phi) is 5.85. The van der Waals surface area contributed by atoms with E-state index in [4.69, 9.17) is 5.11 Å². The van der Waals surface area contributed by atoms with E-state index in [1.807, 2.05) is 24.3 Å². The summed E-state index contributed by atoms with van der Waals surface area (Å²) < 4.78 is 0. The summed E-state index contributed by atoms with van der Waals surface area (Å²) >= 11 is 0. The predicted octanol–water partition coefficient (Wildman–Crippen LogP) is 5.52. The Bertz CT molecular complexity index is 1030. The molecule has 0 atom stereocenters. The van der Waals surface area contributed by atoms with Crippen LogP contribution in [0.5, 0.6) is 5.75 Å². The summed E-state index contributed by atoms with van der Waals surface area (Å²) in [7, 11) is 0. The minimum Gasteiger partial charge on any atom is -0.508 e. The number of benzene rings is 4. The molecule has 0 radical (unpaired) electrons. The molecule has 27 heavy (non-hydrogen) atoms. The highest BCUT2D eigenvalue weighted by atomic mass is 16.4. The lowest BCUT2D eigenvalue weighted by molar-refractivity contribution is 0.0697. The van der Waals surface area contributed by atoms with Gasteiger partial charge in [0.2, 0.25) is 0 Å². The number of carboxylic acid groups (broad SMARTS) is 1. The van der Waals surface area contributed by atoms with Crippen LogP contribution in [0.15, 0.2) is 97.1 Å². The second-order valence-corrected chi connectivity index (χ2v) is 6.11. The van der Waals surface area contributed by atoms with E-state index in [1.165, 1.54) is 16.3 Å². The number of hydrogen-bond acceptors (Lipinski definition) is 2. The monoisotopic (exact) mass is 356 g/mol. The van der Waals surface area contributed by atoms with Crippen molar-refractivity contribution >= 4 is 16.7 Å². The summed E-state index contributed by atoms with van der Waals surface area (Å²) in [6.07, 6.45) is 0.758. The first-order valence-electron chi connectivity index (χ1n) is 8.67. The normalized spacial score (nSPS) is 10.1. The highest BCUT2D eigenvalue weighted by Gasteiger charge is 2.04. The molecule has 3 heteroatoms. The molecule has 4 aromatic rings. The zero-order valence-electron chi connectivity index (χ0n) is 14.7. The Morgan fingerprint density at radius 3 is 1.96 bits per heavy atom. The van der Waals surface area contributed by atoms with Crippen molar-refractivity contribution in [2.24, 2.45) is 0 Å². The van der Waals surface area contributed by atoms with Gasteiger partial charge in [0.05, 0.1) is 5.56 Å². The van der Waals surface area contributed by atoms with Crippen LogP contribution < -0.4 is 0 Å². The highest BCUT2D eigenvalue weighted by Crippen LogP contribution is 2.24. The number of aromatic hydroxyl groups is 1. The van der Waals surface area contributed by atoms with Gasteiger partial charge in [-0.3, -0.25) is 0 Å². The lowest BCUT2D eigenvalue weighted by Crippen LogP contribution is -1.93. The Hall–Kier alpha value is -3.59. The molecule has 0 aliphatic carbocycles. The maximum Gasteiger partial charge on any atom is 0.335 e. The maximum absolute atomic E-state index is 10.2. The summed E-state index contributed by atoms with van der Waals surface area (Å²) in [6, 6.07) is 30.5. The third kappa shape index (κ3) is 4.73. The fourth-order valence-electron chi connectivity index (χ4n) is 2.89. The Balaban J connectivity index is 0.000000197. The van der Waals surface area contributed by atoms with E-state index in [0.29, 0.717) is 11.3 Å². The van der Waals surface area contributed by atoms with Crippen LogP contribution in [0.25, 0.3) is 10.8 Å². The molecule has 0 heterocycles. The molecule has 0 fully saturated rings. The van der Waals surface area contributed by atoms with Crippen LogP contribution in [0.2, 0.25) is 0 Å². The third-order valence-corrected chi connectivity index (χ3v) is 4.27. The molecule has 0 bridgehead atoms. The second-order valence-electron chi connectivity index (χ2n) is 6.11. The van der Waals surface area contributed by atoms with E-state index >= 15 is 0 Å². The standard InChI is InChI=1S/C17H14O.C7H6O2/c18-17-11-4-2-7-15(17)12-14-9-5-8-13-6-1-3-10-16(13)14;8-7(9)6-4-2-1-3-5-6/h1-11,18H,12H2;1-5H,(H,8,9). The molecule has 2 N–H and O–H groups in total. The number of phenolic OH excluding ortho intramolecular Hbond substituents is 1. The van der Waals surface area contributed by atoms with Gasteiger partial charge in [-0.2, -0.15) is 0 Å². The van der Waals surface area contributed by atoms with E-state index in [1.54, 1.807) is 36.4 Å². The van der Waals surface area contributed by atoms with Crippen LogP contribution in [0.3, 0.4) is 0 Å². The van der Waals surface area contributed by atoms with Crippen molar-refractivity contribution in [1.82, 2.24) is 0 Å². The second kappa shape index (κ2) is 8.68. The maximum atomic E-state index is 10.2. The van der Waals surface area contributed by atoms with Gasteiger partial charge in [0, 0.05) is 6.42 Å². The SMILES string of the molecule is O=C(O)c1ccccc1.Oc1ccccc1Cc1cccc2ccccc12. The van der Waals surface area contributed by atoms with Crippen molar-refractivity contribution in [2.75, 3.05) is 0 Å². The van der Waals surface area contributed by atoms with Gasteiger partial charge in [0.25, 0.3) is 0 Å². The van der Waals surface area contributed by atoms with Gasteiger partial charge in [0.15, 0.2) is 0 Å². The lowest BCUT2D eigenvalue weighted by Gasteiger charge is -2.08. The fraction of sp³-hybridized carbons (Fsp3) is 0.0417. The van der Waals surface area contributed by atoms with E-state index < -0.39 is 5.97 Å². The van der Waals surface area contributed by atoms with E-state index in [9.17, 15) is 9.90 Å². The fourth-order valence-corrected chi connectivity index (χ4v) is 2.89. The molecule has 0 aliphatic rings. The highest BCUT2D eigenvalue weighted by molar-refractivity contribution is 5.87. The van der Waals surface area contributed by atoms with Crippen molar-refractivity contribution in [3.05, 3.63) is 114 Å². The van der Waals surface area contributed by atoms with E-state index in [0.717, 1.165) is 12.0 Å². The minimum atomic E-state index is -0.879. The van der Waals surface area contributed by atoms with E-state index in [2.05, 4.69) is 36.4 Å². The molecule has 134 valence electrons. The summed E-state index contributed by atoms with van der Waals surface area (Å²) in [5.41, 5.74) is 2.54. The van der Waals surface area contributed by atoms with Gasteiger partial charge < -0.3 is 10.2 Å². The van der Waals surface area contributed by atoms with Crippen LogP contribution >= 0.6 is 0 Å². The van der Waals surface area contributed by atoms with Crippen molar-refractivity contribution in [3.8, 4) is 5.75 Å². The average molecular weight is 356 g/mol. The van der Waals surface area contributed by atoms with Gasteiger partial charge in [-0.1, -0.05) is 78.9 Å². The summed E-state index contributed by atoms with van der Waals surface area (Å²) in [5, 5.41) is 20.7. The van der Waals surface area contributed by atoms with Crippen LogP contribution in [0.1, 0.15) is 21.5 Å². The minimum absolute atomic E-state index is 0.331. The predicted molar refractivity (Wildman–Crippen MR) is 108 cm³/mol. The van der Waals surface area contributed by atoms with Gasteiger partial charge >= 0.3 is 5.97 Å². The first-order chi connectivity index (χ1) is 13.1. The summed E-state index contributed by atoms with van der Waals surface area (Å²) in [4.78, 5) is 10.2. The van der Waals surface area contributed by atoms with Crippen LogP contribution in [-0.2, 0) is 6.42 Å². The lowest BCUT2D eigenvalue weighted by atomic mass is 9.98. The van der Waals surface area contributed by atoms with Gasteiger partial charge in [-0.15, -0.1) is 0 Å². The van der Waals surface area contributed by atoms with Crippen LogP contribution in [0, 0.1) is 0 Å². The number of phenols is 1. The van der Waals surface area contributed by atoms with Crippen LogP contribution in [0.4, 0.5) is 0 Å². The number of fused-ring (bicyclic) bond motifs is 1. The molecule has 4 aromatic carbocycles. The molecular formula is C24H20O3. The molecule has 4 rings (SSSR count). The van der Waals surface area contributed by atoms with Crippen molar-refractivity contribution in [1.29, 1.82) is 0 Å². The summed E-state index contributed by atoms with van der Waals surface area (Å²) in [6.45, 7) is 0. The first kappa shape index (κ1) is 18.2. The molecule has 0 spiro atoms. The molecule has 0 aromatic heterocycles. The first-order valence-corrected chi connectivity index (χ1v) is 8.67. The Morgan fingerprint density at radius 2 is 1.26 bits per heavy atom. The zero-order valence-corrected chi connectivity index (χ0v) is 14.7. The van der Waals surface area contributed by atoms with Gasteiger partial charge in [-0.05, 0) is 40.1 Å². The largest absolute Gasteiger partial charge is 0.508 e. The molecule has 0 saturated heterocycles. The number of carboxylic acids is 1. The van der Waals surface area contributed by atoms with Gasteiger partial charge in [0.1, 0.15) is 5.75 Å². The van der Waals surface area contributed by atoms with Gasteiger partial charge in [-0.25, -0.2) is 4.79 Å². The number of carbonyl (C=O) groups is 1. The van der Waals surface area contributed by atoms with Crippen molar-refractivity contribution in [3.63, 3.8) is 0 Å². The van der Waals surface area contributed by atoms with Crippen molar-refractivity contribution < 1.29 is 15.0 Å². The number of rotatable bonds is 3. The average Bonchev–Trinajstić information content (AvgIpc) is 2.71.